The van der Waals surface area contributed by atoms with Crippen LogP contribution in [-0.2, 0) is 31.0 Å². The Morgan fingerprint density at radius 2 is 1.46 bits per heavy atom. The summed E-state index contributed by atoms with van der Waals surface area (Å²) in [6.45, 7) is -0.0232. The van der Waals surface area contributed by atoms with E-state index in [9.17, 15) is 34.8 Å². The van der Waals surface area contributed by atoms with Crippen molar-refractivity contribution in [2.45, 2.75) is 41.7 Å². The van der Waals surface area contributed by atoms with Crippen LogP contribution in [0.2, 0.25) is 5.02 Å². The van der Waals surface area contributed by atoms with Gasteiger partial charge in [-0.15, -0.1) is 0 Å². The van der Waals surface area contributed by atoms with Gasteiger partial charge in [0.15, 0.2) is 0 Å². The zero-order valence-electron chi connectivity index (χ0n) is 21.6. The molecule has 0 unspecified atom stereocenters. The molecule has 3 aromatic rings. The first kappa shape index (κ1) is 30.8. The molecule has 14 heteroatoms. The third-order valence-corrected chi connectivity index (χ3v) is 10.5. The lowest BCUT2D eigenvalue weighted by Gasteiger charge is -2.25. The van der Waals surface area contributed by atoms with E-state index in [1.165, 1.54) is 52.8 Å². The number of hydrogen-bond donors (Lipinski definition) is 1. The number of anilines is 2. The minimum Gasteiger partial charge on any atom is -0.325 e. The van der Waals surface area contributed by atoms with Gasteiger partial charge in [-0.05, 0) is 67.4 Å². The Morgan fingerprint density at radius 3 is 2.05 bits per heavy atom. The lowest BCUT2D eigenvalue weighted by Crippen LogP contribution is -2.38. The van der Waals surface area contributed by atoms with Crippen molar-refractivity contribution in [3.63, 3.8) is 0 Å². The highest BCUT2D eigenvalue weighted by Crippen LogP contribution is 2.38. The van der Waals surface area contributed by atoms with Gasteiger partial charge in [-0.3, -0.25) is 9.10 Å². The van der Waals surface area contributed by atoms with Crippen molar-refractivity contribution in [3.05, 3.63) is 83.4 Å². The number of hydrogen-bond acceptors (Lipinski definition) is 5. The van der Waals surface area contributed by atoms with Gasteiger partial charge in [0, 0.05) is 18.8 Å². The Hall–Kier alpha value is -3.13. The summed E-state index contributed by atoms with van der Waals surface area (Å²) in [5, 5.41) is 1.86. The van der Waals surface area contributed by atoms with Crippen LogP contribution in [0.1, 0.15) is 31.2 Å². The monoisotopic (exact) mass is 629 g/mol. The van der Waals surface area contributed by atoms with Crippen LogP contribution < -0.4 is 9.62 Å². The van der Waals surface area contributed by atoms with Gasteiger partial charge in [0.1, 0.15) is 6.54 Å². The molecule has 0 atom stereocenters. The zero-order chi connectivity index (χ0) is 29.8. The molecule has 0 spiro atoms. The fourth-order valence-electron chi connectivity index (χ4n) is 4.39. The first-order valence-electron chi connectivity index (χ1n) is 12.6. The molecule has 220 valence electrons. The van der Waals surface area contributed by atoms with Gasteiger partial charge >= 0.3 is 6.18 Å². The van der Waals surface area contributed by atoms with Crippen molar-refractivity contribution < 1.29 is 34.8 Å². The third kappa shape index (κ3) is 7.21. The summed E-state index contributed by atoms with van der Waals surface area (Å²) in [6.07, 6.45) is -1.41. The van der Waals surface area contributed by atoms with Crippen LogP contribution in [0.3, 0.4) is 0 Å². The van der Waals surface area contributed by atoms with Gasteiger partial charge in [0.25, 0.3) is 10.0 Å². The Morgan fingerprint density at radius 1 is 0.854 bits per heavy atom. The fourth-order valence-corrected chi connectivity index (χ4v) is 7.57. The van der Waals surface area contributed by atoms with Crippen LogP contribution in [0.5, 0.6) is 0 Å². The van der Waals surface area contributed by atoms with E-state index in [4.69, 9.17) is 11.6 Å². The molecule has 1 aliphatic heterocycles. The van der Waals surface area contributed by atoms with Crippen molar-refractivity contribution in [1.29, 1.82) is 0 Å². The second-order valence-corrected chi connectivity index (χ2v) is 13.6. The number of nitrogens with one attached hydrogen (secondary N) is 1. The average molecular weight is 630 g/mol. The third-order valence-electron chi connectivity index (χ3n) is 6.50. The molecule has 41 heavy (non-hydrogen) atoms. The van der Waals surface area contributed by atoms with Gasteiger partial charge in [-0.1, -0.05) is 42.6 Å². The first-order valence-corrected chi connectivity index (χ1v) is 15.9. The van der Waals surface area contributed by atoms with E-state index in [0.717, 1.165) is 37.8 Å². The molecule has 0 aromatic heterocycles. The van der Waals surface area contributed by atoms with Crippen LogP contribution in [-0.4, -0.2) is 46.7 Å². The maximum absolute atomic E-state index is 13.5. The Balaban J connectivity index is 1.59. The normalized spacial score (nSPS) is 15.2. The Bertz CT molecular complexity index is 1590. The predicted octanol–water partition coefficient (Wildman–Crippen LogP) is 5.76. The highest BCUT2D eigenvalue weighted by atomic mass is 35.5. The lowest BCUT2D eigenvalue weighted by molar-refractivity contribution is -0.137. The van der Waals surface area contributed by atoms with Crippen LogP contribution >= 0.6 is 11.6 Å². The second-order valence-electron chi connectivity index (χ2n) is 9.38. The molecule has 0 radical (unpaired) electrons. The number of carbonyl (C=O) groups excluding carboxylic acids is 1. The number of carbonyl (C=O) groups is 1. The minimum absolute atomic E-state index is 0.0477. The lowest BCUT2D eigenvalue weighted by atomic mass is 10.2. The van der Waals surface area contributed by atoms with Crippen LogP contribution in [0.4, 0.5) is 24.5 Å². The summed E-state index contributed by atoms with van der Waals surface area (Å²) in [7, 11) is -8.21. The molecule has 4 rings (SSSR count). The molecule has 1 N–H and O–H groups in total. The number of benzene rings is 3. The maximum atomic E-state index is 13.5. The molecular formula is C27H27ClF3N3O5S2. The number of halogens is 4. The summed E-state index contributed by atoms with van der Waals surface area (Å²) in [6, 6.07) is 14.9. The largest absolute Gasteiger partial charge is 0.417 e. The van der Waals surface area contributed by atoms with Gasteiger partial charge in [0.05, 0.1) is 26.1 Å². The Labute approximate surface area is 241 Å². The number of rotatable bonds is 8. The highest BCUT2D eigenvalue weighted by Gasteiger charge is 2.35. The van der Waals surface area contributed by atoms with Crippen molar-refractivity contribution in [2.75, 3.05) is 29.3 Å². The maximum Gasteiger partial charge on any atom is 0.417 e. The molecule has 0 bridgehead atoms. The number of nitrogens with zero attached hydrogens (tertiary/aromatic N) is 2. The van der Waals surface area contributed by atoms with E-state index >= 15 is 0 Å². The topological polar surface area (TPSA) is 104 Å². The average Bonchev–Trinajstić information content (AvgIpc) is 3.23. The van der Waals surface area contributed by atoms with Crippen molar-refractivity contribution >= 4 is 48.9 Å². The minimum atomic E-state index is -4.87. The molecule has 1 fully saturated rings. The predicted molar refractivity (Wildman–Crippen MR) is 150 cm³/mol. The van der Waals surface area contributed by atoms with Gasteiger partial charge in [0.2, 0.25) is 15.9 Å². The first-order chi connectivity index (χ1) is 19.3. The second kappa shape index (κ2) is 12.4. The summed E-state index contributed by atoms with van der Waals surface area (Å²) < 4.78 is 95.6. The fraction of sp³-hybridized carbons (Fsp3) is 0.296. The SMILES string of the molecule is O=C(CN(c1ccc(Cl)c(C(F)(F)F)c1)S(=O)(=O)c1ccccc1)Nc1ccc(S(=O)(=O)N2CCCCCC2)cc1. The molecular weight excluding hydrogens is 603 g/mol. The molecule has 0 saturated carbocycles. The molecule has 1 aliphatic rings. The van der Waals surface area contributed by atoms with E-state index in [0.29, 0.717) is 23.5 Å². The Kier molecular flexibility index (Phi) is 9.32. The molecule has 0 aliphatic carbocycles. The standard InChI is InChI=1S/C27H27ClF3N3O5S2/c28-25-15-12-21(18-24(25)27(29,30)31)34(41(38,39)22-8-4-3-5-9-22)19-26(35)32-20-10-13-23(14-11-20)40(36,37)33-16-6-1-2-7-17-33/h3-5,8-15,18H,1-2,6-7,16-17,19H2,(H,32,35). The van der Waals surface area contributed by atoms with Gasteiger partial charge in [-0.2, -0.15) is 17.5 Å². The summed E-state index contributed by atoms with van der Waals surface area (Å²) in [5.41, 5.74) is -1.50. The van der Waals surface area contributed by atoms with Crippen molar-refractivity contribution in [3.8, 4) is 0 Å². The van der Waals surface area contributed by atoms with Gasteiger partial charge < -0.3 is 5.32 Å². The van der Waals surface area contributed by atoms with Gasteiger partial charge in [-0.25, -0.2) is 16.8 Å². The quantitative estimate of drug-likeness (QED) is 0.341. The van der Waals surface area contributed by atoms with Crippen LogP contribution in [0, 0.1) is 0 Å². The van der Waals surface area contributed by atoms with E-state index in [1.807, 2.05) is 0 Å². The van der Waals surface area contributed by atoms with E-state index in [1.54, 1.807) is 6.07 Å². The number of alkyl halides is 3. The summed E-state index contributed by atoms with van der Waals surface area (Å²) in [4.78, 5) is 12.8. The van der Waals surface area contributed by atoms with Crippen LogP contribution in [0.25, 0.3) is 0 Å². The zero-order valence-corrected chi connectivity index (χ0v) is 24.0. The number of amides is 1. The van der Waals surface area contributed by atoms with E-state index < -0.39 is 54.9 Å². The summed E-state index contributed by atoms with van der Waals surface area (Å²) in [5.74, 6) is -0.865. The highest BCUT2D eigenvalue weighted by molar-refractivity contribution is 7.92. The molecule has 1 amide bonds. The van der Waals surface area contributed by atoms with Crippen LogP contribution in [0.15, 0.2) is 82.6 Å². The summed E-state index contributed by atoms with van der Waals surface area (Å²) >= 11 is 5.72. The molecule has 8 nitrogen and oxygen atoms in total. The van der Waals surface area contributed by atoms with E-state index in [2.05, 4.69) is 5.32 Å². The number of sulfonamides is 2. The molecule has 1 saturated heterocycles. The van der Waals surface area contributed by atoms with E-state index in [-0.39, 0.29) is 15.5 Å². The molecule has 3 aromatic carbocycles. The smallest absolute Gasteiger partial charge is 0.325 e. The van der Waals surface area contributed by atoms with Crippen molar-refractivity contribution in [2.24, 2.45) is 0 Å². The van der Waals surface area contributed by atoms with Crippen molar-refractivity contribution in [1.82, 2.24) is 4.31 Å². The molecule has 1 heterocycles.